The highest BCUT2D eigenvalue weighted by molar-refractivity contribution is 6.30. The topological polar surface area (TPSA) is 26.3 Å². The predicted molar refractivity (Wildman–Crippen MR) is 72.8 cm³/mol. The SMILES string of the molecule is C=C(Cl)C=COC(=O)CCCCCCCCC. The molecule has 2 nitrogen and oxygen atoms in total. The average molecular weight is 259 g/mol. The first-order valence-corrected chi connectivity index (χ1v) is 6.75. The number of rotatable bonds is 10. The molecule has 0 aliphatic rings. The van der Waals surface area contributed by atoms with Crippen LogP contribution in [0.25, 0.3) is 0 Å². The van der Waals surface area contributed by atoms with E-state index in [-0.39, 0.29) is 5.97 Å². The number of allylic oxidation sites excluding steroid dienone is 2. The number of carbonyl (C=O) groups excluding carboxylic acids is 1. The Balaban J connectivity index is 3.30. The third-order valence-corrected chi connectivity index (χ3v) is 2.56. The monoisotopic (exact) mass is 258 g/mol. The van der Waals surface area contributed by atoms with E-state index < -0.39 is 0 Å². The molecule has 0 aromatic heterocycles. The third-order valence-electron chi connectivity index (χ3n) is 2.43. The van der Waals surface area contributed by atoms with Gasteiger partial charge in [-0.3, -0.25) is 4.79 Å². The molecule has 17 heavy (non-hydrogen) atoms. The lowest BCUT2D eigenvalue weighted by Gasteiger charge is -2.00. The molecule has 3 heteroatoms. The van der Waals surface area contributed by atoms with Crippen LogP contribution in [0.2, 0.25) is 0 Å². The summed E-state index contributed by atoms with van der Waals surface area (Å²) in [4.78, 5) is 11.2. The number of halogens is 1. The van der Waals surface area contributed by atoms with Gasteiger partial charge in [0.05, 0.1) is 6.26 Å². The van der Waals surface area contributed by atoms with Crippen LogP contribution in [0, 0.1) is 0 Å². The highest BCUT2D eigenvalue weighted by Gasteiger charge is 2.00. The Bertz CT molecular complexity index is 247. The molecule has 0 bridgehead atoms. The molecule has 0 fully saturated rings. The molecular weight excluding hydrogens is 236 g/mol. The van der Waals surface area contributed by atoms with Crippen LogP contribution in [0.5, 0.6) is 0 Å². The fourth-order valence-corrected chi connectivity index (χ4v) is 1.52. The molecule has 0 N–H and O–H groups in total. The first kappa shape index (κ1) is 16.2. The lowest BCUT2D eigenvalue weighted by atomic mass is 10.1. The summed E-state index contributed by atoms with van der Waals surface area (Å²) in [5, 5.41) is 0.355. The zero-order chi connectivity index (χ0) is 12.9. The van der Waals surface area contributed by atoms with Gasteiger partial charge in [0.25, 0.3) is 0 Å². The number of unbranched alkanes of at least 4 members (excludes halogenated alkanes) is 6. The second kappa shape index (κ2) is 11.7. The van der Waals surface area contributed by atoms with Crippen LogP contribution >= 0.6 is 11.6 Å². The van der Waals surface area contributed by atoms with Gasteiger partial charge in [0.1, 0.15) is 0 Å². The van der Waals surface area contributed by atoms with Crippen LogP contribution in [-0.2, 0) is 9.53 Å². The summed E-state index contributed by atoms with van der Waals surface area (Å²) in [6, 6.07) is 0. The summed E-state index contributed by atoms with van der Waals surface area (Å²) in [5.74, 6) is -0.201. The van der Waals surface area contributed by atoms with Crippen LogP contribution in [0.1, 0.15) is 58.3 Å². The van der Waals surface area contributed by atoms with Gasteiger partial charge < -0.3 is 4.74 Å². The largest absolute Gasteiger partial charge is 0.434 e. The van der Waals surface area contributed by atoms with Gasteiger partial charge in [-0.2, -0.15) is 0 Å². The average Bonchev–Trinajstić information content (AvgIpc) is 2.27. The molecule has 98 valence electrons. The van der Waals surface area contributed by atoms with Gasteiger partial charge in [-0.05, 0) is 12.5 Å². The highest BCUT2D eigenvalue weighted by Crippen LogP contribution is 2.09. The first-order valence-electron chi connectivity index (χ1n) is 6.37. The second-order valence-corrected chi connectivity index (χ2v) is 4.60. The van der Waals surface area contributed by atoms with Crippen molar-refractivity contribution >= 4 is 17.6 Å². The molecule has 0 heterocycles. The number of esters is 1. The standard InChI is InChI=1S/C14H23ClO2/c1-3-4-5-6-7-8-9-10-14(16)17-12-11-13(2)15/h11-12H,2-10H2,1H3. The smallest absolute Gasteiger partial charge is 0.310 e. The number of carbonyl (C=O) groups is 1. The molecule has 0 aliphatic carbocycles. The molecule has 0 spiro atoms. The quantitative estimate of drug-likeness (QED) is 0.240. The van der Waals surface area contributed by atoms with E-state index >= 15 is 0 Å². The zero-order valence-corrected chi connectivity index (χ0v) is 11.5. The van der Waals surface area contributed by atoms with Crippen LogP contribution in [0.15, 0.2) is 23.9 Å². The van der Waals surface area contributed by atoms with E-state index in [1.807, 2.05) is 0 Å². The van der Waals surface area contributed by atoms with E-state index in [9.17, 15) is 4.79 Å². The van der Waals surface area contributed by atoms with Crippen molar-refractivity contribution in [2.45, 2.75) is 58.3 Å². The Hall–Kier alpha value is -0.760. The normalized spacial score (nSPS) is 10.7. The molecule has 0 radical (unpaired) electrons. The zero-order valence-electron chi connectivity index (χ0n) is 10.7. The first-order chi connectivity index (χ1) is 8.16. The van der Waals surface area contributed by atoms with Crippen LogP contribution in [-0.4, -0.2) is 5.97 Å². The summed E-state index contributed by atoms with van der Waals surface area (Å²) in [7, 11) is 0. The molecule has 0 aliphatic heterocycles. The van der Waals surface area contributed by atoms with E-state index in [1.165, 1.54) is 44.4 Å². The summed E-state index contributed by atoms with van der Waals surface area (Å²) in [5.41, 5.74) is 0. The van der Waals surface area contributed by atoms with E-state index in [0.717, 1.165) is 12.8 Å². The van der Waals surface area contributed by atoms with Gasteiger partial charge in [-0.25, -0.2) is 0 Å². The molecule has 0 atom stereocenters. The van der Waals surface area contributed by atoms with E-state index in [0.29, 0.717) is 11.5 Å². The molecule has 0 amide bonds. The van der Waals surface area contributed by atoms with Crippen LogP contribution in [0.3, 0.4) is 0 Å². The lowest BCUT2D eigenvalue weighted by molar-refractivity contribution is -0.138. The fraction of sp³-hybridized carbons (Fsp3) is 0.643. The molecule has 0 saturated carbocycles. The van der Waals surface area contributed by atoms with Crippen LogP contribution in [0.4, 0.5) is 0 Å². The van der Waals surface area contributed by atoms with Gasteiger partial charge in [0.15, 0.2) is 0 Å². The van der Waals surface area contributed by atoms with Gasteiger partial charge in [0.2, 0.25) is 0 Å². The molecule has 0 rings (SSSR count). The minimum absolute atomic E-state index is 0.201. The maximum atomic E-state index is 11.2. The maximum absolute atomic E-state index is 11.2. The molecule has 0 aromatic carbocycles. The molecule has 0 saturated heterocycles. The van der Waals surface area contributed by atoms with Crippen molar-refractivity contribution in [1.29, 1.82) is 0 Å². The van der Waals surface area contributed by atoms with Gasteiger partial charge in [-0.15, -0.1) is 0 Å². The Morgan fingerprint density at radius 2 is 1.76 bits per heavy atom. The highest BCUT2D eigenvalue weighted by atomic mass is 35.5. The van der Waals surface area contributed by atoms with Gasteiger partial charge in [-0.1, -0.05) is 63.6 Å². The second-order valence-electron chi connectivity index (χ2n) is 4.11. The summed E-state index contributed by atoms with van der Waals surface area (Å²) < 4.78 is 4.83. The Kier molecular flexibility index (Phi) is 11.2. The van der Waals surface area contributed by atoms with E-state index in [4.69, 9.17) is 16.3 Å². The van der Waals surface area contributed by atoms with Crippen molar-refractivity contribution in [1.82, 2.24) is 0 Å². The third kappa shape index (κ3) is 13.2. The Morgan fingerprint density at radius 3 is 2.35 bits per heavy atom. The van der Waals surface area contributed by atoms with Crippen LogP contribution < -0.4 is 0 Å². The summed E-state index contributed by atoms with van der Waals surface area (Å²) >= 11 is 5.48. The predicted octanol–water partition coefficient (Wildman–Crippen LogP) is 4.94. The van der Waals surface area contributed by atoms with Crippen molar-refractivity contribution in [3.8, 4) is 0 Å². The van der Waals surface area contributed by atoms with Crippen molar-refractivity contribution < 1.29 is 9.53 Å². The summed E-state index contributed by atoms with van der Waals surface area (Å²) in [6.45, 7) is 5.66. The number of ether oxygens (including phenoxy) is 1. The van der Waals surface area contributed by atoms with Crippen molar-refractivity contribution in [3.63, 3.8) is 0 Å². The molecular formula is C14H23ClO2. The summed E-state index contributed by atoms with van der Waals surface area (Å²) in [6.07, 6.45) is 11.6. The number of hydrogen-bond donors (Lipinski definition) is 0. The molecule has 0 aromatic rings. The van der Waals surface area contributed by atoms with Crippen molar-refractivity contribution in [3.05, 3.63) is 23.9 Å². The van der Waals surface area contributed by atoms with E-state index in [2.05, 4.69) is 13.5 Å². The van der Waals surface area contributed by atoms with Gasteiger partial charge >= 0.3 is 5.97 Å². The molecule has 0 unspecified atom stereocenters. The number of hydrogen-bond acceptors (Lipinski definition) is 2. The van der Waals surface area contributed by atoms with Crippen molar-refractivity contribution in [2.24, 2.45) is 0 Å². The minimum atomic E-state index is -0.201. The van der Waals surface area contributed by atoms with Gasteiger partial charge in [0, 0.05) is 11.5 Å². The minimum Gasteiger partial charge on any atom is -0.434 e. The van der Waals surface area contributed by atoms with Crippen molar-refractivity contribution in [2.75, 3.05) is 0 Å². The maximum Gasteiger partial charge on any atom is 0.310 e. The Labute approximate surface area is 110 Å². The lowest BCUT2D eigenvalue weighted by Crippen LogP contribution is -1.98. The van der Waals surface area contributed by atoms with E-state index in [1.54, 1.807) is 0 Å². The Morgan fingerprint density at radius 1 is 1.18 bits per heavy atom. The fourth-order valence-electron chi connectivity index (χ4n) is 1.47.